The second kappa shape index (κ2) is 59.5. The smallest absolute Gasteiger partial charge is 0.462 e. The van der Waals surface area contributed by atoms with Gasteiger partial charge in [-0.1, -0.05) is 257 Å². The molecule has 0 rings (SSSR count). The molecule has 3 N–H and O–H groups in total. The fourth-order valence-electron chi connectivity index (χ4n) is 9.27. The number of allylic oxidation sites excluding steroid dienone is 4. The Kier molecular flexibility index (Phi) is 57.8. The minimum absolute atomic E-state index is 0.0855. The van der Waals surface area contributed by atoms with Gasteiger partial charge < -0.3 is 33.8 Å². The number of esters is 4. The summed E-state index contributed by atoms with van der Waals surface area (Å²) in [5.41, 5.74) is 0. The van der Waals surface area contributed by atoms with Crippen LogP contribution in [-0.4, -0.2) is 96.7 Å². The third kappa shape index (κ3) is 58.6. The van der Waals surface area contributed by atoms with Gasteiger partial charge >= 0.3 is 39.5 Å². The van der Waals surface area contributed by atoms with Gasteiger partial charge in [-0.05, 0) is 51.4 Å². The van der Waals surface area contributed by atoms with Crippen LogP contribution < -0.4 is 0 Å². The summed E-state index contributed by atoms with van der Waals surface area (Å²) in [7, 11) is -9.89. The molecule has 84 heavy (non-hydrogen) atoms. The first kappa shape index (κ1) is 81.5. The number of aliphatic hydroxyl groups excluding tert-OH is 1. The van der Waals surface area contributed by atoms with Gasteiger partial charge in [0.05, 0.1) is 26.4 Å². The molecule has 0 aliphatic carbocycles. The van der Waals surface area contributed by atoms with Gasteiger partial charge in [0.15, 0.2) is 12.2 Å². The lowest BCUT2D eigenvalue weighted by Gasteiger charge is -2.21. The van der Waals surface area contributed by atoms with Gasteiger partial charge in [-0.25, -0.2) is 9.13 Å². The van der Waals surface area contributed by atoms with Crippen molar-refractivity contribution in [1.29, 1.82) is 0 Å². The van der Waals surface area contributed by atoms with Crippen LogP contribution in [-0.2, 0) is 65.4 Å². The van der Waals surface area contributed by atoms with Gasteiger partial charge in [0.1, 0.15) is 19.3 Å². The maximum Gasteiger partial charge on any atom is 0.472 e. The van der Waals surface area contributed by atoms with Gasteiger partial charge in [0.2, 0.25) is 0 Å². The maximum atomic E-state index is 13.0. The van der Waals surface area contributed by atoms with Crippen molar-refractivity contribution in [1.82, 2.24) is 0 Å². The Balaban J connectivity index is 5.25. The fraction of sp³-hybridized carbons (Fsp3) is 0.877. The summed E-state index contributed by atoms with van der Waals surface area (Å²) in [5, 5.41) is 10.5. The Morgan fingerprint density at radius 2 is 0.571 bits per heavy atom. The molecule has 0 spiro atoms. The van der Waals surface area contributed by atoms with E-state index in [2.05, 4.69) is 52.0 Å². The molecular formula is C65H122O17P2. The van der Waals surface area contributed by atoms with Crippen molar-refractivity contribution >= 4 is 39.5 Å². The Morgan fingerprint density at radius 3 is 0.869 bits per heavy atom. The number of hydrogen-bond acceptors (Lipinski definition) is 15. The molecule has 0 aliphatic rings. The Morgan fingerprint density at radius 1 is 0.333 bits per heavy atom. The number of phosphoric ester groups is 2. The third-order valence-corrected chi connectivity index (χ3v) is 16.4. The quantitative estimate of drug-likeness (QED) is 0.0169. The second-order valence-corrected chi connectivity index (χ2v) is 25.7. The lowest BCUT2D eigenvalue weighted by atomic mass is 10.1. The maximum absolute atomic E-state index is 13.0. The Bertz CT molecular complexity index is 1710. The van der Waals surface area contributed by atoms with Gasteiger partial charge in [0.25, 0.3) is 0 Å². The van der Waals surface area contributed by atoms with Gasteiger partial charge in [-0.3, -0.25) is 37.3 Å². The molecule has 0 aliphatic heterocycles. The van der Waals surface area contributed by atoms with Crippen LogP contribution in [0.5, 0.6) is 0 Å². The van der Waals surface area contributed by atoms with Crippen molar-refractivity contribution in [2.24, 2.45) is 0 Å². The van der Waals surface area contributed by atoms with Crippen molar-refractivity contribution in [3.8, 4) is 0 Å². The molecule has 0 heterocycles. The van der Waals surface area contributed by atoms with E-state index in [-0.39, 0.29) is 25.7 Å². The van der Waals surface area contributed by atoms with Crippen LogP contribution in [0.15, 0.2) is 24.3 Å². The first-order valence-electron chi connectivity index (χ1n) is 33.6. The largest absolute Gasteiger partial charge is 0.472 e. The average molecular weight is 1240 g/mol. The van der Waals surface area contributed by atoms with E-state index >= 15 is 0 Å². The highest BCUT2D eigenvalue weighted by Crippen LogP contribution is 2.45. The van der Waals surface area contributed by atoms with E-state index in [1.54, 1.807) is 0 Å². The number of unbranched alkanes of at least 4 members (excludes halogenated alkanes) is 35. The molecule has 494 valence electrons. The third-order valence-electron chi connectivity index (χ3n) is 14.5. The second-order valence-electron chi connectivity index (χ2n) is 22.8. The zero-order valence-corrected chi connectivity index (χ0v) is 55.1. The van der Waals surface area contributed by atoms with Crippen LogP contribution in [0.3, 0.4) is 0 Å². The lowest BCUT2D eigenvalue weighted by Crippen LogP contribution is -2.30. The molecule has 0 fully saturated rings. The lowest BCUT2D eigenvalue weighted by molar-refractivity contribution is -0.161. The molecule has 0 bridgehead atoms. The van der Waals surface area contributed by atoms with E-state index in [9.17, 15) is 43.2 Å². The van der Waals surface area contributed by atoms with Gasteiger partial charge in [0, 0.05) is 25.7 Å². The van der Waals surface area contributed by atoms with E-state index in [1.807, 2.05) is 0 Å². The van der Waals surface area contributed by atoms with Crippen LogP contribution in [0.25, 0.3) is 0 Å². The molecule has 0 amide bonds. The predicted molar refractivity (Wildman–Crippen MR) is 335 cm³/mol. The number of carbonyl (C=O) groups excluding carboxylic acids is 4. The molecule has 2 unspecified atom stereocenters. The molecule has 0 saturated carbocycles. The van der Waals surface area contributed by atoms with Gasteiger partial charge in [-0.15, -0.1) is 0 Å². The molecule has 0 aromatic rings. The topological polar surface area (TPSA) is 237 Å². The highest BCUT2D eigenvalue weighted by atomic mass is 31.2. The van der Waals surface area contributed by atoms with Crippen LogP contribution >= 0.6 is 15.6 Å². The summed E-state index contributed by atoms with van der Waals surface area (Å²) in [6, 6.07) is 0. The van der Waals surface area contributed by atoms with Crippen LogP contribution in [0.2, 0.25) is 0 Å². The normalized spacial score (nSPS) is 14.3. The SMILES string of the molecule is CCCCCC/C=C\C=C/CCCCCCCC(=O)O[C@H](COC(=O)CCCCCCCCCCCCC)COP(=O)(O)OC[C@@H](O)COP(=O)(O)OC[C@@H](COC(=O)CCCCCCCCC)OC(=O)CCCCCCCCCCCCC. The monoisotopic (exact) mass is 1240 g/mol. The van der Waals surface area contributed by atoms with Crippen molar-refractivity contribution < 1.29 is 80.2 Å². The molecule has 0 aromatic carbocycles. The molecule has 19 heteroatoms. The fourth-order valence-corrected chi connectivity index (χ4v) is 10.8. The molecule has 0 saturated heterocycles. The highest BCUT2D eigenvalue weighted by molar-refractivity contribution is 7.47. The number of phosphoric acid groups is 2. The van der Waals surface area contributed by atoms with Crippen LogP contribution in [0, 0.1) is 0 Å². The van der Waals surface area contributed by atoms with Crippen LogP contribution in [0.1, 0.15) is 310 Å². The number of ether oxygens (including phenoxy) is 4. The minimum atomic E-state index is -4.95. The summed E-state index contributed by atoms with van der Waals surface area (Å²) in [6.45, 7) is 4.79. The van der Waals surface area contributed by atoms with E-state index in [1.165, 1.54) is 116 Å². The number of hydrogen-bond donors (Lipinski definition) is 3. The molecular weight excluding hydrogens is 1110 g/mol. The van der Waals surface area contributed by atoms with Crippen molar-refractivity contribution in [2.75, 3.05) is 39.6 Å². The van der Waals surface area contributed by atoms with Crippen LogP contribution in [0.4, 0.5) is 0 Å². The summed E-state index contributed by atoms with van der Waals surface area (Å²) in [4.78, 5) is 72.1. The Labute approximate surface area is 510 Å². The van der Waals surface area contributed by atoms with E-state index in [0.29, 0.717) is 25.7 Å². The van der Waals surface area contributed by atoms with E-state index in [4.69, 9.17) is 37.0 Å². The summed E-state index contributed by atoms with van der Waals surface area (Å²) in [6.07, 6.45) is 48.0. The molecule has 17 nitrogen and oxygen atoms in total. The molecule has 0 radical (unpaired) electrons. The number of rotatable bonds is 64. The minimum Gasteiger partial charge on any atom is -0.462 e. The zero-order valence-electron chi connectivity index (χ0n) is 53.3. The van der Waals surface area contributed by atoms with E-state index in [0.717, 1.165) is 116 Å². The highest BCUT2D eigenvalue weighted by Gasteiger charge is 2.30. The van der Waals surface area contributed by atoms with Crippen molar-refractivity contribution in [3.05, 3.63) is 24.3 Å². The van der Waals surface area contributed by atoms with E-state index < -0.39 is 97.5 Å². The van der Waals surface area contributed by atoms with Crippen molar-refractivity contribution in [3.63, 3.8) is 0 Å². The zero-order chi connectivity index (χ0) is 61.9. The summed E-state index contributed by atoms with van der Waals surface area (Å²) in [5.74, 6) is -2.16. The first-order chi connectivity index (χ1) is 40.7. The Hall–Kier alpha value is -2.46. The summed E-state index contributed by atoms with van der Waals surface area (Å²) < 4.78 is 67.9. The molecule has 5 atom stereocenters. The molecule has 0 aromatic heterocycles. The number of carbonyl (C=O) groups is 4. The average Bonchev–Trinajstić information content (AvgIpc) is 3.66. The predicted octanol–water partition coefficient (Wildman–Crippen LogP) is 17.9. The first-order valence-corrected chi connectivity index (χ1v) is 36.6. The standard InChI is InChI=1S/C65H122O17P2/c1-5-9-13-17-21-24-27-28-29-30-33-36-40-44-48-52-65(70)82-61(56-76-63(68)50-46-42-38-34-31-25-22-18-14-10-6-2)58-80-84(73,74)78-54-59(66)53-77-83(71,72)79-57-60(55-75-62(67)49-45-41-37-20-16-12-8-4)81-64(69)51-47-43-39-35-32-26-23-19-15-11-7-3/h24,27-29,59-61,66H,5-23,25-26,30-58H2,1-4H3,(H,71,72)(H,73,74)/b27-24-,29-28-/t59-,60+,61+/m0/s1. The van der Waals surface area contributed by atoms with Crippen molar-refractivity contribution in [2.45, 2.75) is 329 Å². The number of aliphatic hydroxyl groups is 1. The van der Waals surface area contributed by atoms with Gasteiger partial charge in [-0.2, -0.15) is 0 Å². The summed E-state index contributed by atoms with van der Waals surface area (Å²) >= 11 is 0.